The predicted octanol–water partition coefficient (Wildman–Crippen LogP) is 2.02. The van der Waals surface area contributed by atoms with Crippen molar-refractivity contribution < 1.29 is 4.39 Å². The number of halogens is 1. The summed E-state index contributed by atoms with van der Waals surface area (Å²) in [4.78, 5) is 3.96. The molecule has 1 aromatic rings. The minimum absolute atomic E-state index is 0.403. The average molecular weight is 194 g/mol. The summed E-state index contributed by atoms with van der Waals surface area (Å²) in [5.41, 5.74) is -0.528. The zero-order valence-corrected chi connectivity index (χ0v) is 8.33. The first kappa shape index (κ1) is 9.59. The second kappa shape index (κ2) is 3.65. The molecule has 0 saturated carbocycles. The van der Waals surface area contributed by atoms with Crippen LogP contribution in [0, 0.1) is 0 Å². The van der Waals surface area contributed by atoms with Gasteiger partial charge < -0.3 is 5.32 Å². The number of piperidine rings is 1. The van der Waals surface area contributed by atoms with Crippen LogP contribution in [0.15, 0.2) is 24.5 Å². The Morgan fingerprint density at radius 1 is 1.64 bits per heavy atom. The number of alkyl halides is 1. The van der Waals surface area contributed by atoms with Crippen LogP contribution < -0.4 is 5.32 Å². The van der Waals surface area contributed by atoms with Crippen LogP contribution in [0.4, 0.5) is 4.39 Å². The normalized spacial score (nSPS) is 32.9. The fraction of sp³-hybridized carbons (Fsp3) is 0.545. The number of nitrogens with one attached hydrogen (secondary N) is 1. The van der Waals surface area contributed by atoms with Gasteiger partial charge in [0.15, 0.2) is 0 Å². The SMILES string of the molecule is CC1CCC(F)(c2cccnc2)CN1. The average Bonchev–Trinajstić information content (AvgIpc) is 2.24. The lowest BCUT2D eigenvalue weighted by atomic mass is 9.87. The first-order valence-corrected chi connectivity index (χ1v) is 5.03. The Morgan fingerprint density at radius 3 is 3.07 bits per heavy atom. The third kappa shape index (κ3) is 1.77. The molecule has 0 aromatic carbocycles. The van der Waals surface area contributed by atoms with Gasteiger partial charge in [-0.1, -0.05) is 6.07 Å². The van der Waals surface area contributed by atoms with Crippen LogP contribution in [-0.4, -0.2) is 17.6 Å². The largest absolute Gasteiger partial charge is 0.311 e. The monoisotopic (exact) mass is 194 g/mol. The van der Waals surface area contributed by atoms with Crippen LogP contribution in [0.1, 0.15) is 25.3 Å². The van der Waals surface area contributed by atoms with Crippen LogP contribution in [0.25, 0.3) is 0 Å². The topological polar surface area (TPSA) is 24.9 Å². The Kier molecular flexibility index (Phi) is 2.50. The van der Waals surface area contributed by atoms with Crippen molar-refractivity contribution in [2.45, 2.75) is 31.5 Å². The lowest BCUT2D eigenvalue weighted by Gasteiger charge is -2.33. The molecule has 0 radical (unpaired) electrons. The van der Waals surface area contributed by atoms with E-state index in [1.807, 2.05) is 6.07 Å². The Morgan fingerprint density at radius 2 is 2.50 bits per heavy atom. The standard InChI is InChI=1S/C11H15FN2/c1-9-4-5-11(12,8-14-9)10-3-2-6-13-7-10/h2-3,6-7,9,14H,4-5,8H2,1H3. The fourth-order valence-corrected chi connectivity index (χ4v) is 1.85. The maximum Gasteiger partial charge on any atom is 0.149 e. The van der Waals surface area contributed by atoms with Gasteiger partial charge in [-0.3, -0.25) is 4.98 Å². The van der Waals surface area contributed by atoms with E-state index in [1.54, 1.807) is 18.5 Å². The molecule has 1 fully saturated rings. The third-order valence-corrected chi connectivity index (χ3v) is 2.88. The summed E-state index contributed by atoms with van der Waals surface area (Å²) >= 11 is 0. The second-order valence-electron chi connectivity index (χ2n) is 4.03. The number of rotatable bonds is 1. The first-order chi connectivity index (χ1) is 6.71. The molecule has 1 saturated heterocycles. The van der Waals surface area contributed by atoms with Gasteiger partial charge in [-0.25, -0.2) is 4.39 Å². The molecule has 14 heavy (non-hydrogen) atoms. The van der Waals surface area contributed by atoms with E-state index in [-0.39, 0.29) is 0 Å². The van der Waals surface area contributed by atoms with E-state index in [2.05, 4.69) is 17.2 Å². The van der Waals surface area contributed by atoms with Crippen molar-refractivity contribution in [2.75, 3.05) is 6.54 Å². The number of hydrogen-bond acceptors (Lipinski definition) is 2. The highest BCUT2D eigenvalue weighted by atomic mass is 19.1. The van der Waals surface area contributed by atoms with Gasteiger partial charge in [-0.15, -0.1) is 0 Å². The van der Waals surface area contributed by atoms with Crippen LogP contribution in [0.3, 0.4) is 0 Å². The summed E-state index contributed by atoms with van der Waals surface area (Å²) in [6.07, 6.45) is 4.77. The molecule has 1 aliphatic rings. The first-order valence-electron chi connectivity index (χ1n) is 5.03. The highest BCUT2D eigenvalue weighted by Gasteiger charge is 2.35. The lowest BCUT2D eigenvalue weighted by Crippen LogP contribution is -2.44. The summed E-state index contributed by atoms with van der Waals surface area (Å²) in [5.74, 6) is 0. The molecule has 3 heteroatoms. The van der Waals surface area contributed by atoms with E-state index in [9.17, 15) is 4.39 Å². The molecule has 1 aromatic heterocycles. The van der Waals surface area contributed by atoms with Crippen LogP contribution in [-0.2, 0) is 5.67 Å². The summed E-state index contributed by atoms with van der Waals surface area (Å²) < 4.78 is 14.4. The zero-order chi connectivity index (χ0) is 10.0. The summed E-state index contributed by atoms with van der Waals surface area (Å²) in [6, 6.07) is 4.02. The van der Waals surface area contributed by atoms with E-state index in [0.717, 1.165) is 6.42 Å². The van der Waals surface area contributed by atoms with Crippen LogP contribution in [0.5, 0.6) is 0 Å². The van der Waals surface area contributed by atoms with E-state index in [0.29, 0.717) is 24.6 Å². The minimum atomic E-state index is -1.22. The van der Waals surface area contributed by atoms with Gasteiger partial charge in [0, 0.05) is 30.5 Å². The van der Waals surface area contributed by atoms with Crippen molar-refractivity contribution in [3.05, 3.63) is 30.1 Å². The van der Waals surface area contributed by atoms with Gasteiger partial charge in [0.05, 0.1) is 0 Å². The summed E-state index contributed by atoms with van der Waals surface area (Å²) in [7, 11) is 0. The van der Waals surface area contributed by atoms with E-state index >= 15 is 0 Å². The molecule has 2 heterocycles. The molecular formula is C11H15FN2. The van der Waals surface area contributed by atoms with Gasteiger partial charge in [0.1, 0.15) is 5.67 Å². The Hall–Kier alpha value is -0.960. The maximum atomic E-state index is 14.4. The quantitative estimate of drug-likeness (QED) is 0.739. The lowest BCUT2D eigenvalue weighted by molar-refractivity contribution is 0.106. The number of pyridine rings is 1. The molecule has 0 spiro atoms. The van der Waals surface area contributed by atoms with Crippen molar-refractivity contribution in [2.24, 2.45) is 0 Å². The molecular weight excluding hydrogens is 179 g/mol. The Bertz CT molecular complexity index is 291. The van der Waals surface area contributed by atoms with Crippen molar-refractivity contribution in [1.82, 2.24) is 10.3 Å². The molecule has 76 valence electrons. The molecule has 1 N–H and O–H groups in total. The second-order valence-corrected chi connectivity index (χ2v) is 4.03. The molecule has 1 aliphatic heterocycles. The van der Waals surface area contributed by atoms with E-state index < -0.39 is 5.67 Å². The van der Waals surface area contributed by atoms with Crippen molar-refractivity contribution >= 4 is 0 Å². The predicted molar refractivity (Wildman–Crippen MR) is 53.7 cm³/mol. The summed E-state index contributed by atoms with van der Waals surface area (Å²) in [6.45, 7) is 2.49. The minimum Gasteiger partial charge on any atom is -0.311 e. The van der Waals surface area contributed by atoms with Crippen molar-refractivity contribution in [3.63, 3.8) is 0 Å². The van der Waals surface area contributed by atoms with Crippen molar-refractivity contribution in [1.29, 1.82) is 0 Å². The summed E-state index contributed by atoms with van der Waals surface area (Å²) in [5, 5.41) is 3.17. The molecule has 0 bridgehead atoms. The Balaban J connectivity index is 2.17. The molecule has 2 nitrogen and oxygen atoms in total. The molecule has 0 amide bonds. The molecule has 2 unspecified atom stereocenters. The van der Waals surface area contributed by atoms with Gasteiger partial charge in [0.2, 0.25) is 0 Å². The number of nitrogens with zero attached hydrogens (tertiary/aromatic N) is 1. The van der Waals surface area contributed by atoms with Crippen LogP contribution in [0.2, 0.25) is 0 Å². The highest BCUT2D eigenvalue weighted by molar-refractivity contribution is 5.19. The van der Waals surface area contributed by atoms with E-state index in [4.69, 9.17) is 0 Å². The highest BCUT2D eigenvalue weighted by Crippen LogP contribution is 2.33. The van der Waals surface area contributed by atoms with Gasteiger partial charge in [0.25, 0.3) is 0 Å². The van der Waals surface area contributed by atoms with Crippen LogP contribution >= 0.6 is 0 Å². The molecule has 2 rings (SSSR count). The fourth-order valence-electron chi connectivity index (χ4n) is 1.85. The van der Waals surface area contributed by atoms with Crippen molar-refractivity contribution in [3.8, 4) is 0 Å². The van der Waals surface area contributed by atoms with Gasteiger partial charge in [-0.05, 0) is 25.8 Å². The number of hydrogen-bond donors (Lipinski definition) is 1. The van der Waals surface area contributed by atoms with E-state index in [1.165, 1.54) is 0 Å². The third-order valence-electron chi connectivity index (χ3n) is 2.88. The smallest absolute Gasteiger partial charge is 0.149 e. The maximum absolute atomic E-state index is 14.4. The van der Waals surface area contributed by atoms with Gasteiger partial charge in [-0.2, -0.15) is 0 Å². The van der Waals surface area contributed by atoms with Gasteiger partial charge >= 0.3 is 0 Å². The molecule has 2 atom stereocenters. The zero-order valence-electron chi connectivity index (χ0n) is 8.33. The number of aromatic nitrogens is 1. The Labute approximate surface area is 83.6 Å². The molecule has 0 aliphatic carbocycles.